The highest BCUT2D eigenvalue weighted by molar-refractivity contribution is 5.61. The lowest BCUT2D eigenvalue weighted by Gasteiger charge is -2.31. The predicted octanol–water partition coefficient (Wildman–Crippen LogP) is 1.59. The summed E-state index contributed by atoms with van der Waals surface area (Å²) in [4.78, 5) is 11.0. The summed E-state index contributed by atoms with van der Waals surface area (Å²) >= 11 is 0. The Bertz CT molecular complexity index is 336. The maximum atomic E-state index is 11.0. The summed E-state index contributed by atoms with van der Waals surface area (Å²) in [7, 11) is 2.78. The lowest BCUT2D eigenvalue weighted by molar-refractivity contribution is -0.202. The molecule has 16 heavy (non-hydrogen) atoms. The Hall–Kier alpha value is -1.44. The van der Waals surface area contributed by atoms with Crippen LogP contribution in [0.2, 0.25) is 0 Å². The summed E-state index contributed by atoms with van der Waals surface area (Å²) in [6.45, 7) is 0. The van der Waals surface area contributed by atoms with Crippen molar-refractivity contribution in [3.63, 3.8) is 0 Å². The molecule has 0 bridgehead atoms. The molecular weight excluding hydrogens is 206 g/mol. The zero-order chi connectivity index (χ0) is 12.1. The first-order valence-electron chi connectivity index (χ1n) is 4.99. The predicted molar refractivity (Wildman–Crippen MR) is 58.4 cm³/mol. The van der Waals surface area contributed by atoms with Crippen LogP contribution in [0.1, 0.15) is 12.8 Å². The Morgan fingerprint density at radius 3 is 2.38 bits per heavy atom. The van der Waals surface area contributed by atoms with Gasteiger partial charge in [-0.1, -0.05) is 24.3 Å². The van der Waals surface area contributed by atoms with Gasteiger partial charge in [-0.3, -0.25) is 4.79 Å². The van der Waals surface area contributed by atoms with Gasteiger partial charge in [-0.2, -0.15) is 5.26 Å². The van der Waals surface area contributed by atoms with Crippen molar-refractivity contribution < 1.29 is 14.3 Å². The molecule has 0 aliphatic heterocycles. The molecule has 0 spiro atoms. The van der Waals surface area contributed by atoms with Crippen LogP contribution in [-0.4, -0.2) is 26.3 Å². The largest absolute Gasteiger partial charge is 0.347 e. The number of nitriles is 1. The normalized spacial score (nSPS) is 18.1. The molecule has 1 aliphatic carbocycles. The number of rotatable bonds is 5. The van der Waals surface area contributed by atoms with E-state index in [0.29, 0.717) is 6.29 Å². The van der Waals surface area contributed by atoms with Crippen LogP contribution in [0.5, 0.6) is 0 Å². The van der Waals surface area contributed by atoms with Crippen LogP contribution in [0.25, 0.3) is 0 Å². The van der Waals surface area contributed by atoms with Gasteiger partial charge in [0.15, 0.2) is 6.29 Å². The molecule has 1 rings (SSSR count). The number of hydrogen-bond donors (Lipinski definition) is 0. The molecule has 4 nitrogen and oxygen atoms in total. The van der Waals surface area contributed by atoms with Gasteiger partial charge in [0.25, 0.3) is 0 Å². The topological polar surface area (TPSA) is 59.3 Å². The van der Waals surface area contributed by atoms with Gasteiger partial charge in [0.2, 0.25) is 5.79 Å². The molecule has 0 amide bonds. The Kier molecular flexibility index (Phi) is 3.99. The molecule has 0 atom stereocenters. The van der Waals surface area contributed by atoms with Gasteiger partial charge in [-0.15, -0.1) is 0 Å². The minimum atomic E-state index is -1.36. The summed E-state index contributed by atoms with van der Waals surface area (Å²) in [5, 5.41) is 9.21. The van der Waals surface area contributed by atoms with E-state index >= 15 is 0 Å². The number of ether oxygens (including phenoxy) is 2. The van der Waals surface area contributed by atoms with Gasteiger partial charge in [0.1, 0.15) is 0 Å². The zero-order valence-electron chi connectivity index (χ0n) is 9.47. The second kappa shape index (κ2) is 5.06. The number of carbonyl (C=O) groups excluding carboxylic acids is 1. The lowest BCUT2D eigenvalue weighted by atomic mass is 9.79. The van der Waals surface area contributed by atoms with E-state index in [1.165, 1.54) is 14.2 Å². The first-order chi connectivity index (χ1) is 7.66. The van der Waals surface area contributed by atoms with Gasteiger partial charge >= 0.3 is 0 Å². The average molecular weight is 221 g/mol. The van der Waals surface area contributed by atoms with Crippen molar-refractivity contribution in [1.29, 1.82) is 5.26 Å². The standard InChI is InChI=1S/C12H15NO3/c1-15-12(10-14,16-2)8-11(9-13)6-4-3-5-7-11/h4-7,10H,3,8H2,1-2H3. The van der Waals surface area contributed by atoms with Crippen LogP contribution in [0.15, 0.2) is 24.3 Å². The molecule has 1 aliphatic rings. The zero-order valence-corrected chi connectivity index (χ0v) is 9.47. The highest BCUT2D eigenvalue weighted by atomic mass is 16.7. The maximum absolute atomic E-state index is 11.0. The van der Waals surface area contributed by atoms with E-state index in [1.54, 1.807) is 12.2 Å². The van der Waals surface area contributed by atoms with Gasteiger partial charge in [0.05, 0.1) is 11.5 Å². The van der Waals surface area contributed by atoms with Crippen LogP contribution < -0.4 is 0 Å². The minimum Gasteiger partial charge on any atom is -0.347 e. The molecule has 0 fully saturated rings. The Labute approximate surface area is 95.1 Å². The average Bonchev–Trinajstić information content (AvgIpc) is 2.37. The number of methoxy groups -OCH3 is 2. The summed E-state index contributed by atoms with van der Waals surface area (Å²) in [5.41, 5.74) is -0.828. The van der Waals surface area contributed by atoms with Crippen LogP contribution in [-0.2, 0) is 14.3 Å². The van der Waals surface area contributed by atoms with E-state index < -0.39 is 11.2 Å². The van der Waals surface area contributed by atoms with E-state index in [2.05, 4.69) is 6.07 Å². The first kappa shape index (κ1) is 12.6. The Morgan fingerprint density at radius 2 is 2.00 bits per heavy atom. The molecule has 0 N–H and O–H groups in total. The van der Waals surface area contributed by atoms with E-state index in [-0.39, 0.29) is 6.42 Å². The molecule has 0 aromatic carbocycles. The van der Waals surface area contributed by atoms with Crippen molar-refractivity contribution in [3.05, 3.63) is 24.3 Å². The molecule has 0 saturated carbocycles. The van der Waals surface area contributed by atoms with Crippen LogP contribution in [0.3, 0.4) is 0 Å². The number of hydrogen-bond acceptors (Lipinski definition) is 4. The fourth-order valence-electron chi connectivity index (χ4n) is 1.70. The third-order valence-corrected chi connectivity index (χ3v) is 2.72. The number of allylic oxidation sites excluding steroid dienone is 4. The van der Waals surface area contributed by atoms with Crippen molar-refractivity contribution in [1.82, 2.24) is 0 Å². The van der Waals surface area contributed by atoms with E-state index in [1.807, 2.05) is 12.2 Å². The van der Waals surface area contributed by atoms with Crippen LogP contribution in [0.4, 0.5) is 0 Å². The van der Waals surface area contributed by atoms with Gasteiger partial charge < -0.3 is 9.47 Å². The van der Waals surface area contributed by atoms with Crippen LogP contribution >= 0.6 is 0 Å². The molecular formula is C12H15NO3. The Balaban J connectivity index is 2.96. The van der Waals surface area contributed by atoms with Crippen molar-refractivity contribution in [2.45, 2.75) is 18.6 Å². The molecule has 0 unspecified atom stereocenters. The summed E-state index contributed by atoms with van der Waals surface area (Å²) in [5.74, 6) is -1.36. The third-order valence-electron chi connectivity index (χ3n) is 2.72. The highest BCUT2D eigenvalue weighted by Crippen LogP contribution is 2.35. The van der Waals surface area contributed by atoms with Crippen molar-refractivity contribution in [3.8, 4) is 6.07 Å². The molecule has 0 aromatic rings. The highest BCUT2D eigenvalue weighted by Gasteiger charge is 2.40. The van der Waals surface area contributed by atoms with Crippen molar-refractivity contribution >= 4 is 6.29 Å². The minimum absolute atomic E-state index is 0.153. The second-order valence-electron chi connectivity index (χ2n) is 3.71. The van der Waals surface area contributed by atoms with Gasteiger partial charge in [-0.05, 0) is 6.42 Å². The smallest absolute Gasteiger partial charge is 0.227 e. The van der Waals surface area contributed by atoms with E-state index in [9.17, 15) is 10.1 Å². The van der Waals surface area contributed by atoms with Crippen molar-refractivity contribution in [2.75, 3.05) is 14.2 Å². The number of nitrogens with zero attached hydrogens (tertiary/aromatic N) is 1. The van der Waals surface area contributed by atoms with Gasteiger partial charge in [-0.25, -0.2) is 0 Å². The Morgan fingerprint density at radius 1 is 1.44 bits per heavy atom. The molecule has 86 valence electrons. The number of aldehydes is 1. The summed E-state index contributed by atoms with van der Waals surface area (Å²) < 4.78 is 10.1. The fraction of sp³-hybridized carbons (Fsp3) is 0.500. The third kappa shape index (κ3) is 2.38. The molecule has 4 heteroatoms. The van der Waals surface area contributed by atoms with E-state index in [0.717, 1.165) is 6.42 Å². The molecule has 0 heterocycles. The van der Waals surface area contributed by atoms with Crippen molar-refractivity contribution in [2.24, 2.45) is 5.41 Å². The first-order valence-corrected chi connectivity index (χ1v) is 4.99. The molecule has 0 aromatic heterocycles. The van der Waals surface area contributed by atoms with E-state index in [4.69, 9.17) is 9.47 Å². The summed E-state index contributed by atoms with van der Waals surface area (Å²) in [6.07, 6.45) is 8.89. The fourth-order valence-corrected chi connectivity index (χ4v) is 1.70. The monoisotopic (exact) mass is 221 g/mol. The summed E-state index contributed by atoms with van der Waals surface area (Å²) in [6, 6.07) is 2.18. The maximum Gasteiger partial charge on any atom is 0.227 e. The lowest BCUT2D eigenvalue weighted by Crippen LogP contribution is -2.40. The quantitative estimate of drug-likeness (QED) is 0.402. The second-order valence-corrected chi connectivity index (χ2v) is 3.71. The molecule has 0 saturated heterocycles. The SMILES string of the molecule is COC(C=O)(CC1(C#N)C=CCC=C1)OC. The number of carbonyl (C=O) groups is 1. The van der Waals surface area contributed by atoms with Gasteiger partial charge in [0, 0.05) is 20.6 Å². The van der Waals surface area contributed by atoms with Crippen LogP contribution in [0, 0.1) is 16.7 Å². The molecule has 0 radical (unpaired) electrons.